The molecule has 28 heavy (non-hydrogen) atoms. The number of hydrogen-bond donors (Lipinski definition) is 1. The minimum Gasteiger partial charge on any atom is -0.325 e. The third-order valence-corrected chi connectivity index (χ3v) is 4.99. The fourth-order valence-corrected chi connectivity index (χ4v) is 3.53. The molecule has 0 aromatic carbocycles. The first-order valence-corrected chi connectivity index (χ1v) is 10.3. The molecule has 8 heteroatoms. The van der Waals surface area contributed by atoms with E-state index in [9.17, 15) is 4.79 Å². The Labute approximate surface area is 169 Å². The summed E-state index contributed by atoms with van der Waals surface area (Å²) in [6.07, 6.45) is 4.57. The maximum atomic E-state index is 12.3. The van der Waals surface area contributed by atoms with Gasteiger partial charge in [-0.05, 0) is 64.1 Å². The van der Waals surface area contributed by atoms with Gasteiger partial charge in [-0.3, -0.25) is 4.79 Å². The zero-order valence-electron chi connectivity index (χ0n) is 16.8. The predicted octanol–water partition coefficient (Wildman–Crippen LogP) is 3.58. The number of nitrogens with zero attached hydrogens (tertiary/aromatic N) is 5. The highest BCUT2D eigenvalue weighted by atomic mass is 32.2. The van der Waals surface area contributed by atoms with Gasteiger partial charge in [-0.1, -0.05) is 11.8 Å². The van der Waals surface area contributed by atoms with Gasteiger partial charge in [0.15, 0.2) is 11.0 Å². The third kappa shape index (κ3) is 4.56. The number of amides is 1. The van der Waals surface area contributed by atoms with E-state index in [1.54, 1.807) is 10.9 Å². The molecule has 7 nitrogen and oxygen atoms in total. The molecule has 3 heterocycles. The van der Waals surface area contributed by atoms with Crippen LogP contribution in [0, 0.1) is 27.7 Å². The zero-order valence-corrected chi connectivity index (χ0v) is 17.6. The van der Waals surface area contributed by atoms with Crippen molar-refractivity contribution in [2.45, 2.75) is 45.7 Å². The van der Waals surface area contributed by atoms with Gasteiger partial charge >= 0.3 is 0 Å². The second-order valence-corrected chi connectivity index (χ2v) is 7.43. The summed E-state index contributed by atoms with van der Waals surface area (Å²) in [5.41, 5.74) is 5.52. The first-order valence-electron chi connectivity index (χ1n) is 9.05. The summed E-state index contributed by atoms with van der Waals surface area (Å²) in [4.78, 5) is 25.7. The van der Waals surface area contributed by atoms with Gasteiger partial charge in [-0.15, -0.1) is 0 Å². The van der Waals surface area contributed by atoms with Crippen LogP contribution in [-0.4, -0.2) is 36.9 Å². The van der Waals surface area contributed by atoms with Crippen molar-refractivity contribution in [3.8, 4) is 5.82 Å². The fraction of sp³-hybridized carbons (Fsp3) is 0.350. The van der Waals surface area contributed by atoms with Crippen molar-refractivity contribution in [3.05, 3.63) is 52.7 Å². The lowest BCUT2D eigenvalue weighted by atomic mass is 10.1. The van der Waals surface area contributed by atoms with E-state index in [-0.39, 0.29) is 5.91 Å². The van der Waals surface area contributed by atoms with E-state index < -0.39 is 0 Å². The van der Waals surface area contributed by atoms with Gasteiger partial charge in [0.05, 0.1) is 17.6 Å². The van der Waals surface area contributed by atoms with Crippen LogP contribution in [0.2, 0.25) is 0 Å². The van der Waals surface area contributed by atoms with Crippen LogP contribution in [0.4, 0.5) is 5.69 Å². The van der Waals surface area contributed by atoms with Crippen molar-refractivity contribution in [2.24, 2.45) is 0 Å². The maximum absolute atomic E-state index is 12.3. The molecule has 3 aromatic rings. The monoisotopic (exact) mass is 396 g/mol. The van der Waals surface area contributed by atoms with E-state index in [2.05, 4.69) is 25.4 Å². The van der Waals surface area contributed by atoms with Crippen molar-refractivity contribution in [3.63, 3.8) is 0 Å². The molecule has 1 amide bonds. The fourth-order valence-electron chi connectivity index (χ4n) is 3.07. The highest BCUT2D eigenvalue weighted by Crippen LogP contribution is 2.18. The van der Waals surface area contributed by atoms with Gasteiger partial charge in [0.2, 0.25) is 5.91 Å². The number of pyridine rings is 1. The summed E-state index contributed by atoms with van der Waals surface area (Å²) in [5.74, 6) is 0.661. The lowest BCUT2D eigenvalue weighted by Gasteiger charge is -2.10. The number of rotatable bonds is 6. The van der Waals surface area contributed by atoms with Crippen molar-refractivity contribution in [1.82, 2.24) is 24.7 Å². The molecule has 0 bridgehead atoms. The molecule has 0 atom stereocenters. The normalized spacial score (nSPS) is 10.9. The van der Waals surface area contributed by atoms with Gasteiger partial charge in [0.25, 0.3) is 0 Å². The summed E-state index contributed by atoms with van der Waals surface area (Å²) in [5, 5.41) is 8.07. The van der Waals surface area contributed by atoms with E-state index in [0.29, 0.717) is 18.5 Å². The quantitative estimate of drug-likeness (QED) is 0.506. The number of anilines is 1. The van der Waals surface area contributed by atoms with Gasteiger partial charge < -0.3 is 5.32 Å². The molecule has 0 aliphatic heterocycles. The third-order valence-electron chi connectivity index (χ3n) is 4.44. The lowest BCUT2D eigenvalue weighted by Crippen LogP contribution is -2.14. The van der Waals surface area contributed by atoms with Crippen LogP contribution in [0.25, 0.3) is 5.82 Å². The predicted molar refractivity (Wildman–Crippen MR) is 111 cm³/mol. The van der Waals surface area contributed by atoms with Crippen LogP contribution in [-0.2, 0) is 11.2 Å². The molecule has 0 spiro atoms. The summed E-state index contributed by atoms with van der Waals surface area (Å²) in [6.45, 7) is 7.85. The van der Waals surface area contributed by atoms with Crippen LogP contribution in [0.15, 0.2) is 29.6 Å². The highest BCUT2D eigenvalue weighted by Gasteiger charge is 2.11. The highest BCUT2D eigenvalue weighted by molar-refractivity contribution is 7.98. The van der Waals surface area contributed by atoms with E-state index in [0.717, 1.165) is 39.3 Å². The second kappa shape index (κ2) is 8.52. The Kier molecular flexibility index (Phi) is 6.08. The summed E-state index contributed by atoms with van der Waals surface area (Å²) in [7, 11) is 0. The summed E-state index contributed by atoms with van der Waals surface area (Å²) in [6, 6.07) is 5.68. The molecule has 0 radical (unpaired) electrons. The summed E-state index contributed by atoms with van der Waals surface area (Å²) >= 11 is 1.52. The standard InChI is InChI=1S/C20H24N6OS/c1-12-10-13(2)26(25-12)18-8-6-16(11-21-18)24-19(27)9-7-17-14(3)22-20(28-5)23-15(17)4/h6,8,10-11H,7,9H2,1-5H3,(H,24,27). The molecule has 0 saturated heterocycles. The molecule has 3 rings (SSSR count). The van der Waals surface area contributed by atoms with E-state index in [4.69, 9.17) is 0 Å². The van der Waals surface area contributed by atoms with Crippen LogP contribution in [0.3, 0.4) is 0 Å². The molecule has 0 unspecified atom stereocenters. The first kappa shape index (κ1) is 20.0. The van der Waals surface area contributed by atoms with Gasteiger partial charge in [-0.2, -0.15) is 5.10 Å². The Balaban J connectivity index is 1.62. The summed E-state index contributed by atoms with van der Waals surface area (Å²) < 4.78 is 1.78. The van der Waals surface area contributed by atoms with Crippen molar-refractivity contribution >= 4 is 23.4 Å². The Morgan fingerprint density at radius 3 is 2.39 bits per heavy atom. The molecule has 0 aliphatic carbocycles. The van der Waals surface area contributed by atoms with Crippen LogP contribution in [0.5, 0.6) is 0 Å². The first-order chi connectivity index (χ1) is 13.4. The molecule has 3 aromatic heterocycles. The topological polar surface area (TPSA) is 85.6 Å². The van der Waals surface area contributed by atoms with E-state index >= 15 is 0 Å². The number of aromatic nitrogens is 5. The molecule has 0 saturated carbocycles. The molecule has 1 N–H and O–H groups in total. The van der Waals surface area contributed by atoms with E-state index in [1.807, 2.05) is 52.1 Å². The molecule has 0 fully saturated rings. The van der Waals surface area contributed by atoms with Gasteiger partial charge in [0, 0.05) is 23.5 Å². The van der Waals surface area contributed by atoms with Crippen molar-refractivity contribution in [1.29, 1.82) is 0 Å². The average Bonchev–Trinajstić information content (AvgIpc) is 2.99. The van der Waals surface area contributed by atoms with Gasteiger partial charge in [0.1, 0.15) is 0 Å². The number of hydrogen-bond acceptors (Lipinski definition) is 6. The lowest BCUT2D eigenvalue weighted by molar-refractivity contribution is -0.116. The number of carbonyl (C=O) groups is 1. The van der Waals surface area contributed by atoms with Crippen molar-refractivity contribution in [2.75, 3.05) is 11.6 Å². The Morgan fingerprint density at radius 1 is 1.14 bits per heavy atom. The Bertz CT molecular complexity index is 973. The number of aryl methyl sites for hydroxylation is 4. The minimum atomic E-state index is -0.0617. The smallest absolute Gasteiger partial charge is 0.224 e. The van der Waals surface area contributed by atoms with Crippen LogP contribution < -0.4 is 5.32 Å². The largest absolute Gasteiger partial charge is 0.325 e. The van der Waals surface area contributed by atoms with Gasteiger partial charge in [-0.25, -0.2) is 19.6 Å². The molecule has 146 valence electrons. The second-order valence-electron chi connectivity index (χ2n) is 6.65. The maximum Gasteiger partial charge on any atom is 0.224 e. The molecule has 0 aliphatic rings. The van der Waals surface area contributed by atoms with E-state index in [1.165, 1.54) is 11.8 Å². The SMILES string of the molecule is CSc1nc(C)c(CCC(=O)Nc2ccc(-n3nc(C)cc3C)nc2)c(C)n1. The van der Waals surface area contributed by atoms with Crippen LogP contribution >= 0.6 is 11.8 Å². The van der Waals surface area contributed by atoms with Crippen molar-refractivity contribution < 1.29 is 4.79 Å². The zero-order chi connectivity index (χ0) is 20.3. The number of nitrogens with one attached hydrogen (secondary N) is 1. The average molecular weight is 397 g/mol. The molecular formula is C20H24N6OS. The minimum absolute atomic E-state index is 0.0617. The molecular weight excluding hydrogens is 372 g/mol. The number of carbonyl (C=O) groups excluding carboxylic acids is 1. The number of thioether (sulfide) groups is 1. The van der Waals surface area contributed by atoms with Crippen LogP contribution in [0.1, 0.15) is 34.8 Å². The Hall–Kier alpha value is -2.74. The Morgan fingerprint density at radius 2 is 1.86 bits per heavy atom.